The molecule has 36 heteroatoms. The first-order chi connectivity index (χ1) is 65.9. The zero-order valence-corrected chi connectivity index (χ0v) is 91.2. The number of esters is 4. The van der Waals surface area contributed by atoms with Gasteiger partial charge in [-0.25, -0.2) is 13.8 Å². The van der Waals surface area contributed by atoms with Crippen LogP contribution in [0.2, 0.25) is 0 Å². The molecule has 9 aromatic carbocycles. The Labute approximate surface area is 920 Å². The molecule has 24 nitrogen and oxygen atoms in total. The maximum absolute atomic E-state index is 12.0. The Morgan fingerprint density at radius 1 is 0.476 bits per heavy atom. The molecular weight excluding hydrogens is 2160 g/mol. The second-order valence-electron chi connectivity index (χ2n) is 34.9. The summed E-state index contributed by atoms with van der Waals surface area (Å²) in [5.74, 6) is -1.16. The van der Waals surface area contributed by atoms with Crippen LogP contribution in [0.25, 0.3) is 91.7 Å². The minimum absolute atomic E-state index is 0. The van der Waals surface area contributed by atoms with Crippen molar-refractivity contribution in [2.75, 3.05) is 28.4 Å². The number of pyridine rings is 6. The van der Waals surface area contributed by atoms with Crippen molar-refractivity contribution in [1.29, 1.82) is 10.5 Å². The SMILES string of the molecule is CC(C)(Cc1ccc2cncc(-c3ccc(C#N)cc3)c2c1)C(=O)O.COC(=O)C(C)(C)Cc1ccc2cncc(-c3ccc(C#N)cc3)c2c1.COC(=O)C(C)(C)Cc1ccc2cncc(Br)c2c1.COC(=O)C(C)C.COC(=O)c1ccc2cncc(Br)c2c1.ClCc1ccc2cncc(Br)c2c1.O=S(Cl)Cl.OCc1ccc2cncc(Br)c2c1.[AlH3].[C-]#[N+]c1ccc(B2OC(C)(C)C(C)(C)O2)cc1.[H-].[Li+].[Li+].[OH-]. The minimum Gasteiger partial charge on any atom is -1.00 e. The fourth-order valence-electron chi connectivity index (χ4n) is 14.0. The molecule has 1 saturated heterocycles. The van der Waals surface area contributed by atoms with Crippen LogP contribution in [0, 0.1) is 51.4 Å². The standard InChI is InChI=1S/C22H20N2O2.C21H18N2O2.C15H16BrNO2.C13H16BNO2.C11H8BrNO2.C10H7BrClN.C10H8BrNO.C5H10O2.Al.Cl2OS.2Li.H2O.4H/c1-22(2,21(25)26-3)11-16-6-9-18-13-24-14-20(19(18)10-16)17-7-4-15(12-23)5-8-17;1-21(2,20(24)25)10-15-5-8-17-12-23-13-19(18(17)9-15)16-6-3-14(11-22)4-7-16;1-15(2,14(18)19-3)7-10-4-5-11-8-17-9-13(16)12(11)6-10;1-12(2)13(3,4)17-14(16-12)10-6-8-11(15-5)9-7-10;1-15-11(14)7-2-3-8-5-13-6-10(12)9(8)4-7;11-10-6-13-5-8-2-1-7(4-12)3-9(8)10;11-10-5-12-4-8-2-1-7(6-13)3-9(8)10;1-4(2)5(6)7-3;;1-4(2)3;;;;;;;/h4-10,13-14H,11H2,1-3H3;3-9,12-13H,10H2,1-2H3,(H,24,25);4-6,8-9H,7H2,1-3H3;6-9H,1-4H3;2-6H,1H3;1-3,5-6H,4H2;1-5,13H,6H2;4H,1-3H3;;;;;1H2;;;;/q;;;;;;;;;;2*+1;;;;;-1/p-1. The minimum atomic E-state index is -1.67. The van der Waals surface area contributed by atoms with E-state index < -0.39 is 31.4 Å². The molecule has 0 radical (unpaired) electrons. The first kappa shape index (κ1) is 125. The summed E-state index contributed by atoms with van der Waals surface area (Å²) in [4.78, 5) is 85.1. The van der Waals surface area contributed by atoms with Crippen LogP contribution in [0.4, 0.5) is 5.69 Å². The molecule has 0 spiro atoms. The monoisotopic (exact) mass is 2260 g/mol. The maximum Gasteiger partial charge on any atom is 1.00 e. The van der Waals surface area contributed by atoms with E-state index in [0.717, 1.165) is 138 Å². The molecule has 143 heavy (non-hydrogen) atoms. The van der Waals surface area contributed by atoms with Crippen LogP contribution in [0.1, 0.15) is 134 Å². The number of fused-ring (bicyclic) bond motifs is 6. The number of hydrogen-bond acceptors (Lipinski definition) is 22. The summed E-state index contributed by atoms with van der Waals surface area (Å²) in [6.07, 6.45) is 23.2. The summed E-state index contributed by atoms with van der Waals surface area (Å²) in [6, 6.07) is 62.0. The zero-order valence-electron chi connectivity index (χ0n) is 82.8. The van der Waals surface area contributed by atoms with Gasteiger partial charge in [0.2, 0.25) is 9.23 Å². The van der Waals surface area contributed by atoms with E-state index in [9.17, 15) is 29.1 Å². The smallest absolute Gasteiger partial charge is 1.00 e. The molecule has 16 rings (SSSR count). The molecule has 0 unspecified atom stereocenters. The number of methoxy groups -OCH3 is 4. The first-order valence-corrected chi connectivity index (χ1v) is 49.6. The normalized spacial score (nSPS) is 11.8. The van der Waals surface area contributed by atoms with Crippen LogP contribution in [-0.2, 0) is 88.4 Å². The Kier molecular flexibility index (Phi) is 51.5. The van der Waals surface area contributed by atoms with E-state index in [0.29, 0.717) is 47.5 Å². The number of benzene rings is 9. The van der Waals surface area contributed by atoms with Crippen molar-refractivity contribution < 1.29 is 111 Å². The van der Waals surface area contributed by atoms with Gasteiger partial charge in [0.25, 0.3) is 0 Å². The molecule has 0 aliphatic carbocycles. The molecular formula is C107H108AlBBr4Cl3Li2N9O15S. The summed E-state index contributed by atoms with van der Waals surface area (Å²) < 4.78 is 43.5. The number of nitrogens with zero attached hydrogens (tertiary/aromatic N) is 9. The van der Waals surface area contributed by atoms with E-state index in [1.165, 1.54) is 28.4 Å². The number of rotatable bonds is 16. The number of carbonyl (C=O) groups is 5. The fraction of sp³-hybridized carbons (Fsp3) is 0.252. The van der Waals surface area contributed by atoms with Gasteiger partial charge in [-0.05, 0) is 284 Å². The zero-order chi connectivity index (χ0) is 102. The first-order valence-electron chi connectivity index (χ1n) is 43.0. The van der Waals surface area contributed by atoms with Crippen LogP contribution < -0.4 is 43.2 Å². The third-order valence-corrected chi connectivity index (χ3v) is 25.1. The van der Waals surface area contributed by atoms with Crippen molar-refractivity contribution in [3.63, 3.8) is 0 Å². The molecule has 0 atom stereocenters. The predicted molar refractivity (Wildman–Crippen MR) is 581 cm³/mol. The van der Waals surface area contributed by atoms with Gasteiger partial charge in [0, 0.05) is 163 Å². The van der Waals surface area contributed by atoms with E-state index in [-0.39, 0.29) is 117 Å². The Morgan fingerprint density at radius 2 is 0.783 bits per heavy atom. The number of carboxylic acids is 1. The van der Waals surface area contributed by atoms with Gasteiger partial charge in [-0.3, -0.25) is 49.1 Å². The molecule has 3 N–H and O–H groups in total. The number of halogens is 7. The number of aliphatic carboxylic acids is 1. The van der Waals surface area contributed by atoms with Crippen LogP contribution >= 0.6 is 96.7 Å². The second kappa shape index (κ2) is 58.8. The number of ether oxygens (including phenoxy) is 4. The molecule has 0 amide bonds. The van der Waals surface area contributed by atoms with Gasteiger partial charge < -0.3 is 45.4 Å². The van der Waals surface area contributed by atoms with Crippen molar-refractivity contribution in [3.8, 4) is 34.4 Å². The Bertz CT molecular complexity index is 6960. The van der Waals surface area contributed by atoms with E-state index >= 15 is 0 Å². The van der Waals surface area contributed by atoms with Crippen molar-refractivity contribution in [1.82, 2.24) is 29.9 Å². The molecule has 0 saturated carbocycles. The summed E-state index contributed by atoms with van der Waals surface area (Å²) in [5, 5.41) is 48.9. The van der Waals surface area contributed by atoms with Gasteiger partial charge in [-0.1, -0.05) is 141 Å². The van der Waals surface area contributed by atoms with Crippen LogP contribution in [0.15, 0.2) is 274 Å². The number of aromatic nitrogens is 6. The maximum atomic E-state index is 12.0. The molecule has 15 aromatic rings. The van der Waals surface area contributed by atoms with Gasteiger partial charge in [0.15, 0.2) is 23.0 Å². The Morgan fingerprint density at radius 3 is 1.09 bits per heavy atom. The molecule has 734 valence electrons. The number of hydrogen-bond donors (Lipinski definition) is 2. The number of aliphatic hydroxyl groups is 1. The second-order valence-corrected chi connectivity index (χ2v) is 41.1. The summed E-state index contributed by atoms with van der Waals surface area (Å²) in [7, 11) is 12.6. The quantitative estimate of drug-likeness (QED) is 0.0226. The number of nitriles is 2. The number of carboxylic acid groups (broad SMARTS) is 1. The van der Waals surface area contributed by atoms with E-state index in [4.69, 9.17) is 56.8 Å². The van der Waals surface area contributed by atoms with Gasteiger partial charge in [0.05, 0.1) is 104 Å². The molecule has 7 heterocycles. The fourth-order valence-corrected chi connectivity index (χ4v) is 16.0. The van der Waals surface area contributed by atoms with Crippen molar-refractivity contribution >= 4 is 236 Å². The van der Waals surface area contributed by atoms with Gasteiger partial charge >= 0.3 is 74.7 Å². The van der Waals surface area contributed by atoms with Crippen LogP contribution in [0.3, 0.4) is 0 Å². The van der Waals surface area contributed by atoms with Gasteiger partial charge in [-0.2, -0.15) is 10.5 Å². The van der Waals surface area contributed by atoms with Gasteiger partial charge in [-0.15, -0.1) is 11.6 Å². The molecule has 1 aliphatic rings. The Hall–Kier alpha value is -10.2. The number of aliphatic hydroxyl groups excluding tert-OH is 1. The molecule has 1 fully saturated rings. The molecule has 6 aromatic heterocycles. The topological polar surface area (TPSA) is 358 Å². The van der Waals surface area contributed by atoms with Crippen molar-refractivity contribution in [2.24, 2.45) is 22.2 Å². The van der Waals surface area contributed by atoms with E-state index in [2.05, 4.69) is 160 Å². The van der Waals surface area contributed by atoms with Crippen molar-refractivity contribution in [3.05, 3.63) is 330 Å². The summed E-state index contributed by atoms with van der Waals surface area (Å²) in [5.41, 5.74) is 9.92. The molecule has 0 bridgehead atoms. The van der Waals surface area contributed by atoms with Crippen LogP contribution in [-0.4, -0.2) is 144 Å². The molecule has 1 aliphatic heterocycles. The van der Waals surface area contributed by atoms with Crippen LogP contribution in [0.5, 0.6) is 0 Å². The largest absolute Gasteiger partial charge is 1.00 e. The summed E-state index contributed by atoms with van der Waals surface area (Å²) in [6.45, 7) is 29.7. The summed E-state index contributed by atoms with van der Waals surface area (Å²) >= 11 is 19.5. The average molecular weight is 2270 g/mol. The van der Waals surface area contributed by atoms with Gasteiger partial charge in [0.1, 0.15) is 0 Å². The van der Waals surface area contributed by atoms with E-state index in [1.54, 1.807) is 126 Å². The van der Waals surface area contributed by atoms with E-state index in [1.807, 2.05) is 195 Å². The average Bonchev–Trinajstić information content (AvgIpc) is 1.64. The number of alkyl halides is 1. The Balaban J connectivity index is 0.000000427. The number of carbonyl (C=O) groups excluding carboxylic acids is 4. The predicted octanol–water partition coefficient (Wildman–Crippen LogP) is 18.8. The van der Waals surface area contributed by atoms with Crippen molar-refractivity contribution in [2.45, 2.75) is 126 Å². The third-order valence-electron chi connectivity index (χ3n) is 22.3. The third kappa shape index (κ3) is 36.2.